The average Bonchev–Trinajstić information content (AvgIpc) is 2.38. The molecule has 1 rings (SSSR count). The Labute approximate surface area is 113 Å². The first-order valence-corrected chi connectivity index (χ1v) is 6.75. The van der Waals surface area contributed by atoms with Crippen LogP contribution < -0.4 is 10.6 Å². The maximum Gasteiger partial charge on any atom is 0.326 e. The largest absolute Gasteiger partial charge is 0.480 e. The zero-order valence-electron chi connectivity index (χ0n) is 11.6. The van der Waals surface area contributed by atoms with E-state index in [0.29, 0.717) is 0 Å². The number of carboxylic acid groups (broad SMARTS) is 1. The molecule has 0 radical (unpaired) electrons. The summed E-state index contributed by atoms with van der Waals surface area (Å²) in [6.45, 7) is 5.17. The molecule has 6 nitrogen and oxygen atoms in total. The highest BCUT2D eigenvalue weighted by Crippen LogP contribution is 2.32. The average molecular weight is 272 g/mol. The van der Waals surface area contributed by atoms with E-state index in [1.54, 1.807) is 0 Å². The van der Waals surface area contributed by atoms with Gasteiger partial charge in [-0.05, 0) is 31.8 Å². The SMILES string of the molecule is CC(C)(C(=O)NC(CCO)C(=O)O)C1CCCNC1. The zero-order chi connectivity index (χ0) is 14.5. The van der Waals surface area contributed by atoms with E-state index in [4.69, 9.17) is 10.2 Å². The van der Waals surface area contributed by atoms with Crippen molar-refractivity contribution in [1.29, 1.82) is 0 Å². The summed E-state index contributed by atoms with van der Waals surface area (Å²) in [6.07, 6.45) is 2.02. The Morgan fingerprint density at radius 3 is 2.63 bits per heavy atom. The van der Waals surface area contributed by atoms with Crippen LogP contribution in [0.5, 0.6) is 0 Å². The fraction of sp³-hybridized carbons (Fsp3) is 0.846. The monoisotopic (exact) mass is 272 g/mol. The second-order valence-corrected chi connectivity index (χ2v) is 5.64. The van der Waals surface area contributed by atoms with E-state index >= 15 is 0 Å². The molecule has 0 aliphatic carbocycles. The molecule has 1 heterocycles. The molecule has 0 aromatic heterocycles. The lowest BCUT2D eigenvalue weighted by Crippen LogP contribution is -2.51. The van der Waals surface area contributed by atoms with Gasteiger partial charge >= 0.3 is 5.97 Å². The second-order valence-electron chi connectivity index (χ2n) is 5.64. The lowest BCUT2D eigenvalue weighted by molar-refractivity contribution is -0.144. The van der Waals surface area contributed by atoms with Crippen LogP contribution >= 0.6 is 0 Å². The molecule has 1 fully saturated rings. The molecule has 0 bridgehead atoms. The number of hydrogen-bond donors (Lipinski definition) is 4. The third-order valence-electron chi connectivity index (χ3n) is 3.92. The fourth-order valence-electron chi connectivity index (χ4n) is 2.38. The number of amides is 1. The highest BCUT2D eigenvalue weighted by molar-refractivity contribution is 5.87. The normalized spacial score (nSPS) is 21.7. The van der Waals surface area contributed by atoms with Crippen LogP contribution in [0, 0.1) is 11.3 Å². The minimum Gasteiger partial charge on any atom is -0.480 e. The first kappa shape index (κ1) is 15.9. The van der Waals surface area contributed by atoms with Gasteiger partial charge in [-0.15, -0.1) is 0 Å². The van der Waals surface area contributed by atoms with Gasteiger partial charge in [-0.25, -0.2) is 4.79 Å². The minimum absolute atomic E-state index is 0.0278. The number of piperidine rings is 1. The van der Waals surface area contributed by atoms with Crippen molar-refractivity contribution in [2.75, 3.05) is 19.7 Å². The lowest BCUT2D eigenvalue weighted by Gasteiger charge is -2.36. The van der Waals surface area contributed by atoms with E-state index in [2.05, 4.69) is 10.6 Å². The van der Waals surface area contributed by atoms with Gasteiger partial charge in [0.05, 0.1) is 0 Å². The van der Waals surface area contributed by atoms with Crippen molar-refractivity contribution in [1.82, 2.24) is 10.6 Å². The number of carboxylic acids is 1. The predicted octanol–water partition coefficient (Wildman–Crippen LogP) is -0.0360. The molecule has 1 aliphatic rings. The minimum atomic E-state index is -1.11. The van der Waals surface area contributed by atoms with Gasteiger partial charge in [0.1, 0.15) is 6.04 Å². The Balaban J connectivity index is 2.65. The molecule has 0 aromatic rings. The quantitative estimate of drug-likeness (QED) is 0.544. The van der Waals surface area contributed by atoms with Gasteiger partial charge in [0.15, 0.2) is 0 Å². The number of nitrogens with one attached hydrogen (secondary N) is 2. The second kappa shape index (κ2) is 6.86. The molecule has 4 N–H and O–H groups in total. The van der Waals surface area contributed by atoms with Crippen molar-refractivity contribution >= 4 is 11.9 Å². The number of hydrogen-bond acceptors (Lipinski definition) is 4. The topological polar surface area (TPSA) is 98.7 Å². The number of aliphatic carboxylic acids is 1. The van der Waals surface area contributed by atoms with Crippen molar-refractivity contribution in [3.05, 3.63) is 0 Å². The molecule has 6 heteroatoms. The number of aliphatic hydroxyl groups excluding tert-OH is 1. The van der Waals surface area contributed by atoms with Gasteiger partial charge in [-0.1, -0.05) is 13.8 Å². The summed E-state index contributed by atoms with van der Waals surface area (Å²) >= 11 is 0. The smallest absolute Gasteiger partial charge is 0.326 e. The molecule has 110 valence electrons. The number of aliphatic hydroxyl groups is 1. The van der Waals surface area contributed by atoms with Crippen molar-refractivity contribution in [2.24, 2.45) is 11.3 Å². The summed E-state index contributed by atoms with van der Waals surface area (Å²) in [7, 11) is 0. The summed E-state index contributed by atoms with van der Waals surface area (Å²) in [4.78, 5) is 23.3. The van der Waals surface area contributed by atoms with E-state index in [0.717, 1.165) is 25.9 Å². The van der Waals surface area contributed by atoms with Crippen LogP contribution in [-0.4, -0.2) is 47.8 Å². The van der Waals surface area contributed by atoms with Crippen LogP contribution in [0.4, 0.5) is 0 Å². The summed E-state index contributed by atoms with van der Waals surface area (Å²) in [5.74, 6) is -1.17. The zero-order valence-corrected chi connectivity index (χ0v) is 11.6. The molecule has 0 saturated carbocycles. The first-order valence-electron chi connectivity index (χ1n) is 6.75. The predicted molar refractivity (Wildman–Crippen MR) is 70.6 cm³/mol. The van der Waals surface area contributed by atoms with Crippen LogP contribution in [0.3, 0.4) is 0 Å². The van der Waals surface area contributed by atoms with Crippen molar-refractivity contribution in [3.8, 4) is 0 Å². The third kappa shape index (κ3) is 4.18. The Morgan fingerprint density at radius 2 is 2.16 bits per heavy atom. The molecular formula is C13H24N2O4. The van der Waals surface area contributed by atoms with E-state index in [-0.39, 0.29) is 24.9 Å². The molecule has 2 atom stereocenters. The summed E-state index contributed by atoms with van der Waals surface area (Å²) in [5.41, 5.74) is -0.615. The fourth-order valence-corrected chi connectivity index (χ4v) is 2.38. The van der Waals surface area contributed by atoms with Gasteiger partial charge in [-0.2, -0.15) is 0 Å². The van der Waals surface area contributed by atoms with Crippen LogP contribution in [0.25, 0.3) is 0 Å². The summed E-state index contributed by atoms with van der Waals surface area (Å²) < 4.78 is 0. The van der Waals surface area contributed by atoms with Crippen LogP contribution in [-0.2, 0) is 9.59 Å². The Morgan fingerprint density at radius 1 is 1.47 bits per heavy atom. The highest BCUT2D eigenvalue weighted by Gasteiger charge is 2.38. The molecule has 2 unspecified atom stereocenters. The van der Waals surface area contributed by atoms with Crippen molar-refractivity contribution < 1.29 is 19.8 Å². The molecule has 1 aliphatic heterocycles. The third-order valence-corrected chi connectivity index (χ3v) is 3.92. The van der Waals surface area contributed by atoms with Gasteiger partial charge in [0.2, 0.25) is 5.91 Å². The highest BCUT2D eigenvalue weighted by atomic mass is 16.4. The Bertz CT molecular complexity index is 325. The van der Waals surface area contributed by atoms with Crippen LogP contribution in [0.1, 0.15) is 33.1 Å². The lowest BCUT2D eigenvalue weighted by atomic mass is 9.74. The van der Waals surface area contributed by atoms with Gasteiger partial charge in [-0.3, -0.25) is 4.79 Å². The van der Waals surface area contributed by atoms with E-state index in [1.807, 2.05) is 13.8 Å². The molecular weight excluding hydrogens is 248 g/mol. The molecule has 0 aromatic carbocycles. The maximum atomic E-state index is 12.3. The van der Waals surface area contributed by atoms with E-state index < -0.39 is 17.4 Å². The summed E-state index contributed by atoms with van der Waals surface area (Å²) in [6, 6.07) is -1.02. The van der Waals surface area contributed by atoms with E-state index in [1.165, 1.54) is 0 Å². The van der Waals surface area contributed by atoms with Crippen LogP contribution in [0.15, 0.2) is 0 Å². The number of carbonyl (C=O) groups is 2. The first-order chi connectivity index (χ1) is 8.89. The van der Waals surface area contributed by atoms with Gasteiger partial charge < -0.3 is 20.8 Å². The number of carbonyl (C=O) groups excluding carboxylic acids is 1. The van der Waals surface area contributed by atoms with Crippen LogP contribution in [0.2, 0.25) is 0 Å². The van der Waals surface area contributed by atoms with E-state index in [9.17, 15) is 9.59 Å². The van der Waals surface area contributed by atoms with Crippen molar-refractivity contribution in [2.45, 2.75) is 39.2 Å². The maximum absolute atomic E-state index is 12.3. The van der Waals surface area contributed by atoms with Crippen molar-refractivity contribution in [3.63, 3.8) is 0 Å². The standard InChI is InChI=1S/C13H24N2O4/c1-13(2,9-4-3-6-14-8-9)12(19)15-10(5-7-16)11(17)18/h9-10,14,16H,3-8H2,1-2H3,(H,15,19)(H,17,18). The van der Waals surface area contributed by atoms with Gasteiger partial charge in [0, 0.05) is 18.4 Å². The Hall–Kier alpha value is -1.14. The number of rotatable bonds is 6. The molecule has 1 saturated heterocycles. The molecule has 0 spiro atoms. The summed E-state index contributed by atoms with van der Waals surface area (Å²) in [5, 5.41) is 23.6. The van der Waals surface area contributed by atoms with Gasteiger partial charge in [0.25, 0.3) is 0 Å². The molecule has 1 amide bonds. The molecule has 19 heavy (non-hydrogen) atoms. The Kier molecular flexibility index (Phi) is 5.75.